The summed E-state index contributed by atoms with van der Waals surface area (Å²) in [5, 5.41) is 10.1. The first-order valence-corrected chi connectivity index (χ1v) is 12.1. The van der Waals surface area contributed by atoms with E-state index in [4.69, 9.17) is 30.1 Å². The summed E-state index contributed by atoms with van der Waals surface area (Å²) in [5.74, 6) is -0.0126. The van der Waals surface area contributed by atoms with Gasteiger partial charge >= 0.3 is 17.9 Å². The smallest absolute Gasteiger partial charge is 0.338 e. The maximum atomic E-state index is 13.2. The zero-order valence-electron chi connectivity index (χ0n) is 20.8. The molecule has 1 aliphatic rings. The summed E-state index contributed by atoms with van der Waals surface area (Å²) < 4.78 is 28.7. The second-order valence-corrected chi connectivity index (χ2v) is 8.45. The van der Waals surface area contributed by atoms with Crippen LogP contribution in [0.25, 0.3) is 0 Å². The van der Waals surface area contributed by atoms with Crippen molar-refractivity contribution in [2.24, 2.45) is 0 Å². The third kappa shape index (κ3) is 6.89. The van der Waals surface area contributed by atoms with Crippen molar-refractivity contribution in [3.63, 3.8) is 0 Å². The second-order valence-electron chi connectivity index (χ2n) is 8.45. The van der Waals surface area contributed by atoms with E-state index in [2.05, 4.69) is 5.92 Å². The quantitative estimate of drug-likeness (QED) is 0.253. The van der Waals surface area contributed by atoms with Gasteiger partial charge in [0.05, 0.1) is 23.3 Å². The highest BCUT2D eigenvalue weighted by atomic mass is 16.7. The van der Waals surface area contributed by atoms with Crippen molar-refractivity contribution >= 4 is 17.9 Å². The molecule has 3 aromatic rings. The van der Waals surface area contributed by atoms with Gasteiger partial charge in [-0.15, -0.1) is 6.42 Å². The van der Waals surface area contributed by atoms with Gasteiger partial charge in [0.25, 0.3) is 0 Å². The molecule has 0 unspecified atom stereocenters. The molecule has 1 N–H and O–H groups in total. The predicted molar refractivity (Wildman–Crippen MR) is 137 cm³/mol. The van der Waals surface area contributed by atoms with Gasteiger partial charge in [-0.2, -0.15) is 0 Å². The SMILES string of the molecule is C#CCO[C@@H]1O[C@H](CO)[C@@H](OC(=O)c2ccccc2)[C@H](OC(=O)c2ccccc2)[C@H]1OC(=O)c1ccccc1. The van der Waals surface area contributed by atoms with Crippen LogP contribution in [-0.2, 0) is 23.7 Å². The Hall–Kier alpha value is -4.49. The fraction of sp³-hybridized carbons (Fsp3) is 0.233. The van der Waals surface area contributed by atoms with Crippen molar-refractivity contribution in [3.8, 4) is 12.3 Å². The number of carbonyl (C=O) groups excluding carboxylic acids is 3. The zero-order chi connectivity index (χ0) is 27.6. The molecule has 0 spiro atoms. The number of aliphatic hydroxyl groups is 1. The van der Waals surface area contributed by atoms with E-state index in [1.54, 1.807) is 54.6 Å². The van der Waals surface area contributed by atoms with Crippen LogP contribution in [-0.4, -0.2) is 66.9 Å². The lowest BCUT2D eigenvalue weighted by Crippen LogP contribution is -2.63. The van der Waals surface area contributed by atoms with Crippen molar-refractivity contribution < 1.29 is 43.2 Å². The largest absolute Gasteiger partial charge is 0.452 e. The molecule has 0 bridgehead atoms. The summed E-state index contributed by atoms with van der Waals surface area (Å²) in [7, 11) is 0. The highest BCUT2D eigenvalue weighted by Gasteiger charge is 2.53. The van der Waals surface area contributed by atoms with Crippen LogP contribution in [0.3, 0.4) is 0 Å². The molecule has 39 heavy (non-hydrogen) atoms. The molecule has 0 saturated carbocycles. The Bertz CT molecular complexity index is 1290. The molecular weight excluding hydrogens is 504 g/mol. The summed E-state index contributed by atoms with van der Waals surface area (Å²) in [6.07, 6.45) is -1.45. The third-order valence-electron chi connectivity index (χ3n) is 5.86. The maximum Gasteiger partial charge on any atom is 0.338 e. The van der Waals surface area contributed by atoms with Crippen molar-refractivity contribution in [3.05, 3.63) is 108 Å². The van der Waals surface area contributed by atoms with Crippen LogP contribution >= 0.6 is 0 Å². The Balaban J connectivity index is 1.71. The molecule has 9 nitrogen and oxygen atoms in total. The van der Waals surface area contributed by atoms with Gasteiger partial charge in [-0.3, -0.25) is 0 Å². The fourth-order valence-corrected chi connectivity index (χ4v) is 3.99. The van der Waals surface area contributed by atoms with E-state index in [1.165, 1.54) is 36.4 Å². The van der Waals surface area contributed by atoms with E-state index in [1.807, 2.05) is 0 Å². The lowest BCUT2D eigenvalue weighted by atomic mass is 9.97. The number of hydrogen-bond acceptors (Lipinski definition) is 9. The minimum absolute atomic E-state index is 0.201. The number of hydrogen-bond donors (Lipinski definition) is 1. The first-order chi connectivity index (χ1) is 19.0. The molecule has 9 heteroatoms. The molecule has 5 atom stereocenters. The average Bonchev–Trinajstić information content (AvgIpc) is 2.99. The highest BCUT2D eigenvalue weighted by Crippen LogP contribution is 2.31. The number of terminal acetylenes is 1. The van der Waals surface area contributed by atoms with E-state index in [9.17, 15) is 19.5 Å². The Morgan fingerprint density at radius 3 is 1.51 bits per heavy atom. The number of rotatable bonds is 9. The predicted octanol–water partition coefficient (Wildman–Crippen LogP) is 3.03. The van der Waals surface area contributed by atoms with Gasteiger partial charge in [0.15, 0.2) is 24.6 Å². The number of esters is 3. The Labute approximate surface area is 225 Å². The minimum Gasteiger partial charge on any atom is -0.452 e. The van der Waals surface area contributed by atoms with Gasteiger partial charge in [0.2, 0.25) is 0 Å². The van der Waals surface area contributed by atoms with Gasteiger partial charge in [-0.1, -0.05) is 60.5 Å². The molecule has 0 aliphatic carbocycles. The van der Waals surface area contributed by atoms with Crippen molar-refractivity contribution in [1.29, 1.82) is 0 Å². The van der Waals surface area contributed by atoms with Gasteiger partial charge in [-0.25, -0.2) is 14.4 Å². The van der Waals surface area contributed by atoms with Crippen molar-refractivity contribution in [2.75, 3.05) is 13.2 Å². The van der Waals surface area contributed by atoms with Crippen LogP contribution in [0.4, 0.5) is 0 Å². The standard InChI is InChI=1S/C30H26O9/c1-2-18-35-30-26(39-29(34)22-16-10-5-11-17-22)25(38-28(33)21-14-8-4-9-15-21)24(23(19-31)36-30)37-27(32)20-12-6-3-7-13-20/h1,3-17,23-26,30-31H,18-19H2/t23-,24-,25+,26-,30-/m1/s1. The summed E-state index contributed by atoms with van der Waals surface area (Å²) in [4.78, 5) is 39.2. The van der Waals surface area contributed by atoms with Crippen LogP contribution in [0.5, 0.6) is 0 Å². The first-order valence-electron chi connectivity index (χ1n) is 12.1. The van der Waals surface area contributed by atoms with Crippen molar-refractivity contribution in [2.45, 2.75) is 30.7 Å². The van der Waals surface area contributed by atoms with E-state index in [0.717, 1.165) is 0 Å². The maximum absolute atomic E-state index is 13.2. The van der Waals surface area contributed by atoms with Gasteiger partial charge in [-0.05, 0) is 36.4 Å². The summed E-state index contributed by atoms with van der Waals surface area (Å²) in [5.41, 5.74) is 0.626. The second kappa shape index (κ2) is 13.3. The first kappa shape index (κ1) is 27.5. The minimum atomic E-state index is -1.44. The number of aliphatic hydroxyl groups excluding tert-OH is 1. The molecule has 3 aromatic carbocycles. The Morgan fingerprint density at radius 2 is 1.10 bits per heavy atom. The molecular formula is C30H26O9. The zero-order valence-corrected chi connectivity index (χ0v) is 20.8. The number of ether oxygens (including phenoxy) is 5. The molecule has 0 amide bonds. The van der Waals surface area contributed by atoms with Crippen LogP contribution in [0.1, 0.15) is 31.1 Å². The van der Waals surface area contributed by atoms with E-state index in [-0.39, 0.29) is 23.3 Å². The lowest BCUT2D eigenvalue weighted by Gasteiger charge is -2.43. The molecule has 1 fully saturated rings. The normalized spacial score (nSPS) is 22.2. The van der Waals surface area contributed by atoms with Crippen molar-refractivity contribution in [1.82, 2.24) is 0 Å². The van der Waals surface area contributed by atoms with Gasteiger partial charge in [0, 0.05) is 0 Å². The van der Waals surface area contributed by atoms with E-state index < -0.39 is 55.2 Å². The molecule has 200 valence electrons. The highest BCUT2D eigenvalue weighted by molar-refractivity contribution is 5.91. The van der Waals surface area contributed by atoms with Crippen LogP contribution < -0.4 is 0 Å². The monoisotopic (exact) mass is 530 g/mol. The van der Waals surface area contributed by atoms with E-state index >= 15 is 0 Å². The van der Waals surface area contributed by atoms with Gasteiger partial charge < -0.3 is 28.8 Å². The van der Waals surface area contributed by atoms with E-state index in [0.29, 0.717) is 0 Å². The lowest BCUT2D eigenvalue weighted by molar-refractivity contribution is -0.295. The molecule has 1 heterocycles. The molecule has 1 aliphatic heterocycles. The third-order valence-corrected chi connectivity index (χ3v) is 5.86. The molecule has 1 saturated heterocycles. The molecule has 0 aromatic heterocycles. The van der Waals surface area contributed by atoms with Crippen LogP contribution in [0, 0.1) is 12.3 Å². The topological polar surface area (TPSA) is 118 Å². The summed E-state index contributed by atoms with van der Waals surface area (Å²) >= 11 is 0. The summed E-state index contributed by atoms with van der Waals surface area (Å²) in [6.45, 7) is -0.878. The molecule has 0 radical (unpaired) electrons. The van der Waals surface area contributed by atoms with Crippen LogP contribution in [0.2, 0.25) is 0 Å². The average molecular weight is 531 g/mol. The summed E-state index contributed by atoms with van der Waals surface area (Å²) in [6, 6.07) is 24.3. The molecule has 4 rings (SSSR count). The van der Waals surface area contributed by atoms with Gasteiger partial charge in [0.1, 0.15) is 12.7 Å². The Morgan fingerprint density at radius 1 is 0.692 bits per heavy atom. The number of benzene rings is 3. The van der Waals surface area contributed by atoms with Crippen LogP contribution in [0.15, 0.2) is 91.0 Å². The number of carbonyl (C=O) groups is 3. The fourth-order valence-electron chi connectivity index (χ4n) is 3.99. The Kier molecular flexibility index (Phi) is 9.43.